The van der Waals surface area contributed by atoms with Gasteiger partial charge in [-0.2, -0.15) is 0 Å². The Labute approximate surface area is 140 Å². The van der Waals surface area contributed by atoms with Crippen LogP contribution in [0.25, 0.3) is 0 Å². The zero-order chi connectivity index (χ0) is 16.9. The minimum absolute atomic E-state index is 0.173. The SMILES string of the molecule is O=C(Nc1ccc(N2CCNCC2)cc1)c1ccc(CO)c(F)c1. The third kappa shape index (κ3) is 3.72. The Kier molecular flexibility index (Phi) is 5.08. The second kappa shape index (κ2) is 7.42. The molecule has 3 rings (SSSR count). The highest BCUT2D eigenvalue weighted by Gasteiger charge is 2.12. The van der Waals surface area contributed by atoms with E-state index in [2.05, 4.69) is 15.5 Å². The first kappa shape index (κ1) is 16.4. The van der Waals surface area contributed by atoms with Gasteiger partial charge >= 0.3 is 0 Å². The lowest BCUT2D eigenvalue weighted by atomic mass is 10.1. The molecule has 0 aliphatic carbocycles. The van der Waals surface area contributed by atoms with Crippen molar-refractivity contribution >= 4 is 17.3 Å². The average molecular weight is 329 g/mol. The average Bonchev–Trinajstić information content (AvgIpc) is 2.63. The Bertz CT molecular complexity index is 713. The second-order valence-electron chi connectivity index (χ2n) is 5.70. The summed E-state index contributed by atoms with van der Waals surface area (Å²) in [6.45, 7) is 3.47. The van der Waals surface area contributed by atoms with Gasteiger partial charge in [0.2, 0.25) is 0 Å². The molecule has 0 unspecified atom stereocenters. The molecule has 1 saturated heterocycles. The van der Waals surface area contributed by atoms with Gasteiger partial charge < -0.3 is 20.6 Å². The van der Waals surface area contributed by atoms with Crippen molar-refractivity contribution in [2.24, 2.45) is 0 Å². The van der Waals surface area contributed by atoms with Gasteiger partial charge in [0.25, 0.3) is 5.91 Å². The van der Waals surface area contributed by atoms with Crippen LogP contribution < -0.4 is 15.5 Å². The van der Waals surface area contributed by atoms with Crippen molar-refractivity contribution in [1.29, 1.82) is 0 Å². The molecule has 6 heteroatoms. The minimum atomic E-state index is -0.584. The second-order valence-corrected chi connectivity index (χ2v) is 5.70. The molecular weight excluding hydrogens is 309 g/mol. The van der Waals surface area contributed by atoms with Crippen molar-refractivity contribution in [1.82, 2.24) is 5.32 Å². The molecule has 5 nitrogen and oxygen atoms in total. The monoisotopic (exact) mass is 329 g/mol. The fraction of sp³-hybridized carbons (Fsp3) is 0.278. The molecule has 0 aromatic heterocycles. The molecule has 3 N–H and O–H groups in total. The van der Waals surface area contributed by atoms with E-state index in [1.807, 2.05) is 24.3 Å². The van der Waals surface area contributed by atoms with E-state index < -0.39 is 5.82 Å². The number of nitrogens with one attached hydrogen (secondary N) is 2. The van der Waals surface area contributed by atoms with Gasteiger partial charge in [-0.05, 0) is 36.4 Å². The van der Waals surface area contributed by atoms with Crippen LogP contribution in [-0.2, 0) is 6.61 Å². The molecule has 0 saturated carbocycles. The number of hydrogen-bond donors (Lipinski definition) is 3. The van der Waals surface area contributed by atoms with Gasteiger partial charge in [0, 0.05) is 48.7 Å². The van der Waals surface area contributed by atoms with Crippen LogP contribution in [0.2, 0.25) is 0 Å². The normalized spacial score (nSPS) is 14.5. The molecule has 1 aliphatic heterocycles. The number of benzene rings is 2. The highest BCUT2D eigenvalue weighted by Crippen LogP contribution is 2.19. The zero-order valence-corrected chi connectivity index (χ0v) is 13.3. The third-order valence-electron chi connectivity index (χ3n) is 4.09. The van der Waals surface area contributed by atoms with Gasteiger partial charge in [0.1, 0.15) is 5.82 Å². The summed E-state index contributed by atoms with van der Waals surface area (Å²) < 4.78 is 13.7. The van der Waals surface area contributed by atoms with E-state index in [0.29, 0.717) is 5.69 Å². The molecule has 0 radical (unpaired) electrons. The number of aliphatic hydroxyl groups is 1. The van der Waals surface area contributed by atoms with E-state index in [9.17, 15) is 9.18 Å². The molecular formula is C18H20FN3O2. The summed E-state index contributed by atoms with van der Waals surface area (Å²) in [5.74, 6) is -0.965. The Hall–Kier alpha value is -2.44. The molecule has 1 amide bonds. The van der Waals surface area contributed by atoms with Gasteiger partial charge in [0.05, 0.1) is 6.61 Å². The van der Waals surface area contributed by atoms with Crippen molar-refractivity contribution in [3.8, 4) is 0 Å². The number of carbonyl (C=O) groups is 1. The summed E-state index contributed by atoms with van der Waals surface area (Å²) in [4.78, 5) is 14.5. The molecule has 1 heterocycles. The molecule has 1 aliphatic rings. The summed E-state index contributed by atoms with van der Waals surface area (Å²) >= 11 is 0. The predicted molar refractivity (Wildman–Crippen MR) is 91.8 cm³/mol. The van der Waals surface area contributed by atoms with E-state index in [-0.39, 0.29) is 23.6 Å². The summed E-state index contributed by atoms with van der Waals surface area (Å²) in [6, 6.07) is 11.7. The fourth-order valence-electron chi connectivity index (χ4n) is 2.70. The minimum Gasteiger partial charge on any atom is -0.392 e. The standard InChI is InChI=1S/C18H20FN3O2/c19-17-11-13(1-2-14(17)12-23)18(24)21-15-3-5-16(6-4-15)22-9-7-20-8-10-22/h1-6,11,20,23H,7-10,12H2,(H,21,24). The number of carbonyl (C=O) groups excluding carboxylic acids is 1. The van der Waals surface area contributed by atoms with E-state index >= 15 is 0 Å². The van der Waals surface area contributed by atoms with Crippen molar-refractivity contribution in [3.05, 3.63) is 59.4 Å². The Morgan fingerprint density at radius 1 is 1.17 bits per heavy atom. The molecule has 126 valence electrons. The van der Waals surface area contributed by atoms with Crippen LogP contribution in [0.4, 0.5) is 15.8 Å². The number of piperazine rings is 1. The van der Waals surface area contributed by atoms with Crippen molar-refractivity contribution in [2.75, 3.05) is 36.4 Å². The van der Waals surface area contributed by atoms with Gasteiger partial charge in [-0.1, -0.05) is 6.07 Å². The van der Waals surface area contributed by atoms with Crippen molar-refractivity contribution in [3.63, 3.8) is 0 Å². The van der Waals surface area contributed by atoms with Crippen molar-refractivity contribution < 1.29 is 14.3 Å². The largest absolute Gasteiger partial charge is 0.392 e. The van der Waals surface area contributed by atoms with Crippen molar-refractivity contribution in [2.45, 2.75) is 6.61 Å². The number of hydrogen-bond acceptors (Lipinski definition) is 4. The van der Waals surface area contributed by atoms with Crippen LogP contribution >= 0.6 is 0 Å². The van der Waals surface area contributed by atoms with Gasteiger partial charge in [-0.3, -0.25) is 4.79 Å². The zero-order valence-electron chi connectivity index (χ0n) is 13.3. The quantitative estimate of drug-likeness (QED) is 0.803. The number of aliphatic hydroxyl groups excluding tert-OH is 1. The van der Waals surface area contributed by atoms with Gasteiger partial charge in [-0.25, -0.2) is 4.39 Å². The smallest absolute Gasteiger partial charge is 0.255 e. The molecule has 2 aromatic rings. The lowest BCUT2D eigenvalue weighted by molar-refractivity contribution is 0.102. The Morgan fingerprint density at radius 2 is 1.88 bits per heavy atom. The van der Waals surface area contributed by atoms with E-state index in [1.165, 1.54) is 12.1 Å². The van der Waals surface area contributed by atoms with Crippen LogP contribution in [0, 0.1) is 5.82 Å². The number of amides is 1. The summed E-state index contributed by atoms with van der Waals surface area (Å²) in [5, 5.41) is 15.0. The topological polar surface area (TPSA) is 64.6 Å². The first-order valence-electron chi connectivity index (χ1n) is 7.94. The summed E-state index contributed by atoms with van der Waals surface area (Å²) in [5.41, 5.74) is 2.17. The van der Waals surface area contributed by atoms with Crippen LogP contribution in [0.1, 0.15) is 15.9 Å². The molecule has 1 fully saturated rings. The lowest BCUT2D eigenvalue weighted by Crippen LogP contribution is -2.43. The number of nitrogens with zero attached hydrogens (tertiary/aromatic N) is 1. The number of rotatable bonds is 4. The van der Waals surface area contributed by atoms with Gasteiger partial charge in [0.15, 0.2) is 0 Å². The highest BCUT2D eigenvalue weighted by molar-refractivity contribution is 6.04. The first-order valence-corrected chi connectivity index (χ1v) is 7.94. The van der Waals surface area contributed by atoms with Gasteiger partial charge in [-0.15, -0.1) is 0 Å². The first-order chi connectivity index (χ1) is 11.7. The van der Waals surface area contributed by atoms with Crippen LogP contribution in [0.3, 0.4) is 0 Å². The lowest BCUT2D eigenvalue weighted by Gasteiger charge is -2.29. The maximum absolute atomic E-state index is 13.7. The Balaban J connectivity index is 1.67. The third-order valence-corrected chi connectivity index (χ3v) is 4.09. The Morgan fingerprint density at radius 3 is 2.50 bits per heavy atom. The van der Waals surface area contributed by atoms with Crippen LogP contribution in [-0.4, -0.2) is 37.2 Å². The maximum atomic E-state index is 13.7. The van der Waals surface area contributed by atoms with E-state index in [0.717, 1.165) is 37.9 Å². The molecule has 0 spiro atoms. The van der Waals surface area contributed by atoms with Crippen LogP contribution in [0.15, 0.2) is 42.5 Å². The van der Waals surface area contributed by atoms with E-state index in [4.69, 9.17) is 5.11 Å². The number of halogens is 1. The molecule has 2 aromatic carbocycles. The highest BCUT2D eigenvalue weighted by atomic mass is 19.1. The summed E-state index contributed by atoms with van der Waals surface area (Å²) in [7, 11) is 0. The van der Waals surface area contributed by atoms with Crippen LogP contribution in [0.5, 0.6) is 0 Å². The molecule has 0 bridgehead atoms. The summed E-state index contributed by atoms with van der Waals surface area (Å²) in [6.07, 6.45) is 0. The number of anilines is 2. The maximum Gasteiger partial charge on any atom is 0.255 e. The predicted octanol–water partition coefficient (Wildman–Crippen LogP) is 1.98. The fourth-order valence-corrected chi connectivity index (χ4v) is 2.70. The molecule has 0 atom stereocenters. The van der Waals surface area contributed by atoms with E-state index in [1.54, 1.807) is 0 Å². The molecule has 24 heavy (non-hydrogen) atoms.